The van der Waals surface area contributed by atoms with Crippen LogP contribution in [0.2, 0.25) is 0 Å². The summed E-state index contributed by atoms with van der Waals surface area (Å²) in [5, 5.41) is 0. The summed E-state index contributed by atoms with van der Waals surface area (Å²) in [6, 6.07) is 22.0. The van der Waals surface area contributed by atoms with Crippen molar-refractivity contribution in [3.05, 3.63) is 84.4 Å². The quantitative estimate of drug-likeness (QED) is 0.298. The van der Waals surface area contributed by atoms with E-state index in [1.807, 2.05) is 36.4 Å². The minimum Gasteiger partial charge on any atom is -0.497 e. The lowest BCUT2D eigenvalue weighted by Gasteiger charge is -2.12. The third-order valence-corrected chi connectivity index (χ3v) is 4.55. The molecule has 148 valence electrons. The van der Waals surface area contributed by atoms with Crippen molar-refractivity contribution in [3.8, 4) is 33.8 Å². The van der Waals surface area contributed by atoms with E-state index < -0.39 is 5.97 Å². The molecule has 0 unspecified atom stereocenters. The van der Waals surface area contributed by atoms with Gasteiger partial charge >= 0.3 is 5.97 Å². The number of benzene rings is 3. The minimum absolute atomic E-state index is 0.344. The molecule has 0 N–H and O–H groups in total. The summed E-state index contributed by atoms with van der Waals surface area (Å²) in [7, 11) is 3.27. The van der Waals surface area contributed by atoms with Gasteiger partial charge in [0.05, 0.1) is 13.7 Å². The first kappa shape index (κ1) is 20.4. The molecular formula is C25H24O4. The fourth-order valence-electron chi connectivity index (χ4n) is 2.95. The van der Waals surface area contributed by atoms with Gasteiger partial charge in [0.25, 0.3) is 0 Å². The number of carbonyl (C=O) groups is 1. The highest BCUT2D eigenvalue weighted by Crippen LogP contribution is 2.30. The van der Waals surface area contributed by atoms with Crippen LogP contribution in [0.3, 0.4) is 0 Å². The Kier molecular flexibility index (Phi) is 6.47. The monoisotopic (exact) mass is 388 g/mol. The molecule has 0 aliphatic carbocycles. The molecule has 0 spiro atoms. The summed E-state index contributed by atoms with van der Waals surface area (Å²) >= 11 is 0. The number of methoxy groups -OCH3 is 2. The zero-order valence-electron chi connectivity index (χ0n) is 16.9. The molecule has 29 heavy (non-hydrogen) atoms. The Bertz CT molecular complexity index is 1000. The third kappa shape index (κ3) is 4.92. The summed E-state index contributed by atoms with van der Waals surface area (Å²) in [5.41, 5.74) is 5.50. The highest BCUT2D eigenvalue weighted by Gasteiger charge is 2.12. The summed E-state index contributed by atoms with van der Waals surface area (Å²) in [6.07, 6.45) is 0. The lowest BCUT2D eigenvalue weighted by Crippen LogP contribution is -2.10. The van der Waals surface area contributed by atoms with Crippen LogP contribution >= 0.6 is 0 Å². The first-order valence-electron chi connectivity index (χ1n) is 9.26. The summed E-state index contributed by atoms with van der Waals surface area (Å²) < 4.78 is 15.9. The highest BCUT2D eigenvalue weighted by atomic mass is 16.5. The van der Waals surface area contributed by atoms with Crippen molar-refractivity contribution in [2.45, 2.75) is 13.5 Å². The van der Waals surface area contributed by atoms with Crippen LogP contribution < -0.4 is 9.47 Å². The Balaban J connectivity index is 1.86. The molecule has 4 heteroatoms. The van der Waals surface area contributed by atoms with Gasteiger partial charge in [-0.1, -0.05) is 49.0 Å². The molecule has 0 fully saturated rings. The van der Waals surface area contributed by atoms with Crippen molar-refractivity contribution < 1.29 is 19.0 Å². The fourth-order valence-corrected chi connectivity index (χ4v) is 2.95. The summed E-state index contributed by atoms with van der Waals surface area (Å²) in [5.74, 6) is 0.876. The summed E-state index contributed by atoms with van der Waals surface area (Å²) in [4.78, 5) is 11.9. The average molecular weight is 388 g/mol. The van der Waals surface area contributed by atoms with Crippen LogP contribution in [0.1, 0.15) is 12.5 Å². The normalized spacial score (nSPS) is 10.4. The van der Waals surface area contributed by atoms with E-state index in [9.17, 15) is 4.79 Å². The van der Waals surface area contributed by atoms with Gasteiger partial charge in [-0.25, -0.2) is 4.79 Å². The van der Waals surface area contributed by atoms with Gasteiger partial charge < -0.3 is 14.2 Å². The van der Waals surface area contributed by atoms with E-state index in [1.54, 1.807) is 27.2 Å². The Hall–Kier alpha value is -3.37. The van der Waals surface area contributed by atoms with Gasteiger partial charge in [-0.15, -0.1) is 0 Å². The van der Waals surface area contributed by atoms with Crippen molar-refractivity contribution in [3.63, 3.8) is 0 Å². The van der Waals surface area contributed by atoms with Gasteiger partial charge in [-0.3, -0.25) is 0 Å². The maximum absolute atomic E-state index is 11.9. The predicted octanol–water partition coefficient (Wildman–Crippen LogP) is 5.66. The van der Waals surface area contributed by atoms with Crippen molar-refractivity contribution in [1.29, 1.82) is 0 Å². The molecule has 4 nitrogen and oxygen atoms in total. The molecule has 3 rings (SSSR count). The van der Waals surface area contributed by atoms with Crippen molar-refractivity contribution in [1.82, 2.24) is 0 Å². The highest BCUT2D eigenvalue weighted by molar-refractivity contribution is 5.89. The predicted molar refractivity (Wildman–Crippen MR) is 115 cm³/mol. The Morgan fingerprint density at radius 2 is 1.34 bits per heavy atom. The van der Waals surface area contributed by atoms with E-state index in [1.165, 1.54) is 0 Å². The lowest BCUT2D eigenvalue weighted by atomic mass is 9.99. The SMILES string of the molecule is C=C(C)C(=O)Oc1ccc(-c2ccc(-c3ccc(OC)cc3)cc2)cc1COC. The van der Waals surface area contributed by atoms with E-state index >= 15 is 0 Å². The number of carbonyl (C=O) groups excluding carboxylic acids is 1. The molecular weight excluding hydrogens is 364 g/mol. The minimum atomic E-state index is -0.445. The van der Waals surface area contributed by atoms with Crippen LogP contribution in [0, 0.1) is 0 Å². The second kappa shape index (κ2) is 9.22. The fraction of sp³-hybridized carbons (Fsp3) is 0.160. The molecule has 0 amide bonds. The molecule has 0 radical (unpaired) electrons. The maximum Gasteiger partial charge on any atom is 0.338 e. The number of rotatable bonds is 7. The van der Waals surface area contributed by atoms with Gasteiger partial charge in [0.1, 0.15) is 11.5 Å². The first-order chi connectivity index (χ1) is 14.0. The molecule has 3 aromatic rings. The van der Waals surface area contributed by atoms with Gasteiger partial charge in [0.15, 0.2) is 0 Å². The Morgan fingerprint density at radius 3 is 1.86 bits per heavy atom. The van der Waals surface area contributed by atoms with E-state index in [2.05, 4.69) is 30.8 Å². The molecule has 0 aromatic heterocycles. The molecule has 0 heterocycles. The van der Waals surface area contributed by atoms with Crippen molar-refractivity contribution >= 4 is 5.97 Å². The van der Waals surface area contributed by atoms with Gasteiger partial charge in [0, 0.05) is 18.2 Å². The number of ether oxygens (including phenoxy) is 3. The number of esters is 1. The van der Waals surface area contributed by atoms with Gasteiger partial charge in [-0.05, 0) is 53.4 Å². The van der Waals surface area contributed by atoms with Crippen LogP contribution in [-0.4, -0.2) is 20.2 Å². The summed E-state index contributed by atoms with van der Waals surface area (Å²) in [6.45, 7) is 5.59. The Labute approximate surface area is 171 Å². The van der Waals surface area contributed by atoms with Crippen LogP contribution in [0.25, 0.3) is 22.3 Å². The molecule has 0 saturated carbocycles. The van der Waals surface area contributed by atoms with E-state index in [-0.39, 0.29) is 0 Å². The zero-order valence-corrected chi connectivity index (χ0v) is 16.9. The van der Waals surface area contributed by atoms with Gasteiger partial charge in [-0.2, -0.15) is 0 Å². The molecule has 0 saturated heterocycles. The van der Waals surface area contributed by atoms with Gasteiger partial charge in [0.2, 0.25) is 0 Å². The van der Waals surface area contributed by atoms with Crippen LogP contribution in [-0.2, 0) is 16.1 Å². The molecule has 0 atom stereocenters. The number of hydrogen-bond donors (Lipinski definition) is 0. The topological polar surface area (TPSA) is 44.8 Å². The van der Waals surface area contributed by atoms with E-state index in [4.69, 9.17) is 14.2 Å². The molecule has 0 aliphatic rings. The average Bonchev–Trinajstić information content (AvgIpc) is 2.75. The molecule has 0 bridgehead atoms. The number of hydrogen-bond acceptors (Lipinski definition) is 4. The van der Waals surface area contributed by atoms with Crippen LogP contribution in [0.15, 0.2) is 78.9 Å². The van der Waals surface area contributed by atoms with E-state index in [0.29, 0.717) is 17.9 Å². The van der Waals surface area contributed by atoms with Crippen molar-refractivity contribution in [2.24, 2.45) is 0 Å². The third-order valence-electron chi connectivity index (χ3n) is 4.55. The molecule has 0 aliphatic heterocycles. The standard InChI is InChI=1S/C25H24O4/c1-17(2)25(26)29-24-14-11-21(15-22(24)16-27-3)20-7-5-18(6-8-20)19-9-12-23(28-4)13-10-19/h5-15H,1,16H2,2-4H3. The van der Waals surface area contributed by atoms with Crippen molar-refractivity contribution in [2.75, 3.05) is 14.2 Å². The molecule has 3 aromatic carbocycles. The first-order valence-corrected chi connectivity index (χ1v) is 9.26. The maximum atomic E-state index is 11.9. The van der Waals surface area contributed by atoms with E-state index in [0.717, 1.165) is 33.6 Å². The second-order valence-electron chi connectivity index (χ2n) is 6.73. The van der Waals surface area contributed by atoms with Crippen LogP contribution in [0.4, 0.5) is 0 Å². The largest absolute Gasteiger partial charge is 0.497 e. The second-order valence-corrected chi connectivity index (χ2v) is 6.73. The zero-order chi connectivity index (χ0) is 20.8. The lowest BCUT2D eigenvalue weighted by molar-refractivity contribution is -0.130. The smallest absolute Gasteiger partial charge is 0.338 e. The Morgan fingerprint density at radius 1 is 0.828 bits per heavy atom. The van der Waals surface area contributed by atoms with Crippen LogP contribution in [0.5, 0.6) is 11.5 Å².